The van der Waals surface area contributed by atoms with E-state index in [4.69, 9.17) is 5.73 Å². The molecule has 0 unspecified atom stereocenters. The highest BCUT2D eigenvalue weighted by atomic mass is 16.6. The van der Waals surface area contributed by atoms with Gasteiger partial charge in [-0.1, -0.05) is 11.3 Å². The average molecular weight is 290 g/mol. The largest absolute Gasteiger partial charge is 0.329 e. The summed E-state index contributed by atoms with van der Waals surface area (Å²) in [5.74, 6) is -0.563. The molecular weight excluding hydrogens is 276 g/mol. The number of nitrogens with one attached hydrogen (secondary N) is 1. The van der Waals surface area contributed by atoms with E-state index < -0.39 is 10.8 Å². The second-order valence-corrected chi connectivity index (χ2v) is 4.39. The Kier molecular flexibility index (Phi) is 4.24. The number of hydrogen-bond donors (Lipinski definition) is 2. The summed E-state index contributed by atoms with van der Waals surface area (Å²) in [6.45, 7) is 2.58. The third-order valence-electron chi connectivity index (χ3n) is 2.73. The van der Waals surface area contributed by atoms with E-state index in [-0.39, 0.29) is 17.1 Å². The zero-order valence-electron chi connectivity index (χ0n) is 11.3. The van der Waals surface area contributed by atoms with E-state index in [0.29, 0.717) is 13.1 Å². The summed E-state index contributed by atoms with van der Waals surface area (Å²) in [5.41, 5.74) is 6.18. The lowest BCUT2D eigenvalue weighted by Crippen LogP contribution is -2.14. The first-order chi connectivity index (χ1) is 10.0. The summed E-state index contributed by atoms with van der Waals surface area (Å²) in [7, 11) is 0. The van der Waals surface area contributed by atoms with Gasteiger partial charge in [-0.25, -0.2) is 0 Å². The number of carbonyl (C=O) groups is 1. The van der Waals surface area contributed by atoms with Crippen LogP contribution in [0.3, 0.4) is 0 Å². The smallest absolute Gasteiger partial charge is 0.292 e. The van der Waals surface area contributed by atoms with Crippen LogP contribution in [0.1, 0.15) is 16.1 Å². The van der Waals surface area contributed by atoms with E-state index in [1.165, 1.54) is 23.0 Å². The van der Waals surface area contributed by atoms with Crippen LogP contribution in [0, 0.1) is 17.0 Å². The Hall–Kier alpha value is -2.81. The minimum Gasteiger partial charge on any atom is -0.329 e. The molecule has 0 bridgehead atoms. The molecule has 2 aromatic rings. The Morgan fingerprint density at radius 2 is 2.29 bits per heavy atom. The molecule has 0 radical (unpaired) electrons. The number of nitrogens with two attached hydrogens (primary N) is 1. The molecule has 1 aromatic heterocycles. The maximum atomic E-state index is 12.0. The Labute approximate surface area is 119 Å². The first kappa shape index (κ1) is 14.6. The number of carbonyl (C=O) groups excluding carboxylic acids is 1. The SMILES string of the molecule is Cc1ccc([N+](=O)[O-])c(NC(=O)c2cn(CCN)nn2)c1. The average Bonchev–Trinajstić information content (AvgIpc) is 2.87. The highest BCUT2D eigenvalue weighted by Gasteiger charge is 2.18. The van der Waals surface area contributed by atoms with Crippen molar-refractivity contribution in [2.24, 2.45) is 5.73 Å². The zero-order valence-corrected chi connectivity index (χ0v) is 11.3. The highest BCUT2D eigenvalue weighted by molar-refractivity contribution is 6.03. The van der Waals surface area contributed by atoms with Crippen LogP contribution in [0.25, 0.3) is 0 Å². The summed E-state index contributed by atoms with van der Waals surface area (Å²) in [6, 6.07) is 4.47. The van der Waals surface area contributed by atoms with Crippen LogP contribution in [-0.4, -0.2) is 32.4 Å². The summed E-state index contributed by atoms with van der Waals surface area (Å²) in [4.78, 5) is 22.4. The van der Waals surface area contributed by atoms with Crippen molar-refractivity contribution < 1.29 is 9.72 Å². The van der Waals surface area contributed by atoms with Gasteiger partial charge in [0, 0.05) is 12.6 Å². The van der Waals surface area contributed by atoms with Gasteiger partial charge in [0.25, 0.3) is 11.6 Å². The Morgan fingerprint density at radius 1 is 1.52 bits per heavy atom. The molecule has 1 heterocycles. The molecule has 0 spiro atoms. The number of nitro groups is 1. The molecule has 0 saturated heterocycles. The van der Waals surface area contributed by atoms with Crippen molar-refractivity contribution in [3.05, 3.63) is 45.8 Å². The third kappa shape index (κ3) is 3.39. The van der Waals surface area contributed by atoms with E-state index in [9.17, 15) is 14.9 Å². The van der Waals surface area contributed by atoms with Gasteiger partial charge in [0.1, 0.15) is 5.69 Å². The van der Waals surface area contributed by atoms with Gasteiger partial charge in [-0.3, -0.25) is 19.6 Å². The second kappa shape index (κ2) is 6.09. The number of nitrogens with zero attached hydrogens (tertiary/aromatic N) is 4. The Balaban J connectivity index is 2.22. The van der Waals surface area contributed by atoms with Crippen molar-refractivity contribution in [1.82, 2.24) is 15.0 Å². The molecule has 21 heavy (non-hydrogen) atoms. The normalized spacial score (nSPS) is 10.4. The summed E-state index contributed by atoms with van der Waals surface area (Å²) < 4.78 is 1.43. The monoisotopic (exact) mass is 290 g/mol. The van der Waals surface area contributed by atoms with Crippen LogP contribution in [-0.2, 0) is 6.54 Å². The minimum absolute atomic E-state index is 0.0688. The van der Waals surface area contributed by atoms with Gasteiger partial charge in [0.15, 0.2) is 5.69 Å². The molecule has 0 fully saturated rings. The standard InChI is InChI=1S/C12H14N6O3/c1-8-2-3-11(18(20)21)9(6-8)14-12(19)10-7-17(5-4-13)16-15-10/h2-3,6-7H,4-5,13H2,1H3,(H,14,19). The second-order valence-electron chi connectivity index (χ2n) is 4.39. The van der Waals surface area contributed by atoms with Crippen LogP contribution in [0.2, 0.25) is 0 Å². The molecule has 0 atom stereocenters. The lowest BCUT2D eigenvalue weighted by molar-refractivity contribution is -0.383. The Morgan fingerprint density at radius 3 is 2.95 bits per heavy atom. The van der Waals surface area contributed by atoms with Gasteiger partial charge >= 0.3 is 0 Å². The molecule has 0 aliphatic rings. The zero-order chi connectivity index (χ0) is 15.4. The van der Waals surface area contributed by atoms with Crippen molar-refractivity contribution in [2.45, 2.75) is 13.5 Å². The summed E-state index contributed by atoms with van der Waals surface area (Å²) in [6.07, 6.45) is 1.43. The van der Waals surface area contributed by atoms with Crippen molar-refractivity contribution in [1.29, 1.82) is 0 Å². The van der Waals surface area contributed by atoms with Gasteiger partial charge < -0.3 is 11.1 Å². The molecule has 0 aliphatic heterocycles. The number of benzene rings is 1. The maximum Gasteiger partial charge on any atom is 0.292 e. The van der Waals surface area contributed by atoms with Crippen LogP contribution in [0.5, 0.6) is 0 Å². The summed E-state index contributed by atoms with van der Waals surface area (Å²) in [5, 5.41) is 20.9. The molecule has 1 aromatic carbocycles. The van der Waals surface area contributed by atoms with Crippen LogP contribution in [0.15, 0.2) is 24.4 Å². The van der Waals surface area contributed by atoms with E-state index in [1.807, 2.05) is 0 Å². The molecule has 9 heteroatoms. The van der Waals surface area contributed by atoms with Crippen molar-refractivity contribution in [3.8, 4) is 0 Å². The molecule has 2 rings (SSSR count). The topological polar surface area (TPSA) is 129 Å². The fraction of sp³-hybridized carbons (Fsp3) is 0.250. The van der Waals surface area contributed by atoms with Gasteiger partial charge in [0.2, 0.25) is 0 Å². The first-order valence-corrected chi connectivity index (χ1v) is 6.18. The number of aromatic nitrogens is 3. The van der Waals surface area contributed by atoms with Crippen molar-refractivity contribution >= 4 is 17.3 Å². The van der Waals surface area contributed by atoms with E-state index in [2.05, 4.69) is 15.6 Å². The lowest BCUT2D eigenvalue weighted by atomic mass is 10.2. The van der Waals surface area contributed by atoms with E-state index >= 15 is 0 Å². The Bertz CT molecular complexity index is 681. The molecule has 0 aliphatic carbocycles. The summed E-state index contributed by atoms with van der Waals surface area (Å²) >= 11 is 0. The first-order valence-electron chi connectivity index (χ1n) is 6.18. The van der Waals surface area contributed by atoms with Crippen LogP contribution in [0.4, 0.5) is 11.4 Å². The minimum atomic E-state index is -0.563. The van der Waals surface area contributed by atoms with Gasteiger partial charge in [-0.2, -0.15) is 0 Å². The molecule has 0 saturated carbocycles. The highest BCUT2D eigenvalue weighted by Crippen LogP contribution is 2.25. The lowest BCUT2D eigenvalue weighted by Gasteiger charge is -2.05. The van der Waals surface area contributed by atoms with E-state index in [0.717, 1.165) is 5.56 Å². The number of amides is 1. The van der Waals surface area contributed by atoms with Crippen LogP contribution >= 0.6 is 0 Å². The number of rotatable bonds is 5. The predicted octanol–water partition coefficient (Wildman–Crippen LogP) is 0.706. The molecule has 9 nitrogen and oxygen atoms in total. The number of nitro benzene ring substituents is 1. The van der Waals surface area contributed by atoms with Crippen molar-refractivity contribution in [3.63, 3.8) is 0 Å². The third-order valence-corrected chi connectivity index (χ3v) is 2.73. The fourth-order valence-corrected chi connectivity index (χ4v) is 1.74. The number of hydrogen-bond acceptors (Lipinski definition) is 6. The van der Waals surface area contributed by atoms with Gasteiger partial charge in [-0.15, -0.1) is 5.10 Å². The molecule has 3 N–H and O–H groups in total. The van der Waals surface area contributed by atoms with Crippen molar-refractivity contribution in [2.75, 3.05) is 11.9 Å². The molecule has 1 amide bonds. The molecule has 110 valence electrons. The van der Waals surface area contributed by atoms with E-state index in [1.54, 1.807) is 13.0 Å². The molecular formula is C12H14N6O3. The number of aryl methyl sites for hydroxylation is 1. The quantitative estimate of drug-likeness (QED) is 0.616. The number of anilines is 1. The van der Waals surface area contributed by atoms with Gasteiger partial charge in [0.05, 0.1) is 17.7 Å². The van der Waals surface area contributed by atoms with Crippen LogP contribution < -0.4 is 11.1 Å². The fourth-order valence-electron chi connectivity index (χ4n) is 1.74. The maximum absolute atomic E-state index is 12.0. The predicted molar refractivity (Wildman–Crippen MR) is 74.9 cm³/mol. The van der Waals surface area contributed by atoms with Gasteiger partial charge in [-0.05, 0) is 18.6 Å².